The maximum atomic E-state index is 12.2. The van der Waals surface area contributed by atoms with Gasteiger partial charge in [-0.2, -0.15) is 0 Å². The van der Waals surface area contributed by atoms with E-state index in [-0.39, 0.29) is 5.92 Å². The van der Waals surface area contributed by atoms with Crippen molar-refractivity contribution < 1.29 is 4.79 Å². The average molecular weight is 249 g/mol. The summed E-state index contributed by atoms with van der Waals surface area (Å²) in [6, 6.07) is 0. The van der Waals surface area contributed by atoms with Crippen LogP contribution in [0.1, 0.15) is 33.7 Å². The number of rotatable bonds is 1. The van der Waals surface area contributed by atoms with Gasteiger partial charge in [0.25, 0.3) is 0 Å². The van der Waals surface area contributed by atoms with Crippen LogP contribution in [0.4, 0.5) is 0 Å². The molecule has 1 fully saturated rings. The van der Waals surface area contributed by atoms with E-state index < -0.39 is 0 Å². The van der Waals surface area contributed by atoms with Crippen molar-refractivity contribution in [2.75, 3.05) is 13.1 Å². The Morgan fingerprint density at radius 3 is 2.76 bits per heavy atom. The summed E-state index contributed by atoms with van der Waals surface area (Å²) in [6.45, 7) is 6.40. The quantitative estimate of drug-likeness (QED) is 0.749. The second-order valence-electron chi connectivity index (χ2n) is 5.30. The molecule has 1 unspecified atom stereocenters. The summed E-state index contributed by atoms with van der Waals surface area (Å²) in [6.07, 6.45) is 4.35. The summed E-state index contributed by atoms with van der Waals surface area (Å²) in [4.78, 5) is 17.2. The van der Waals surface area contributed by atoms with E-state index >= 15 is 0 Å². The second kappa shape index (κ2) is 4.13. The third-order valence-electron chi connectivity index (χ3n) is 4.29. The summed E-state index contributed by atoms with van der Waals surface area (Å²) < 4.78 is 0. The predicted octanol–water partition coefficient (Wildman–Crippen LogP) is 2.70. The van der Waals surface area contributed by atoms with Gasteiger partial charge in [-0.15, -0.1) is 11.3 Å². The number of hydrogen-bond donors (Lipinski definition) is 0. The van der Waals surface area contributed by atoms with Crippen molar-refractivity contribution in [1.29, 1.82) is 0 Å². The van der Waals surface area contributed by atoms with Crippen molar-refractivity contribution >= 4 is 17.2 Å². The number of thiophene rings is 1. The third-order valence-corrected chi connectivity index (χ3v) is 5.56. The first kappa shape index (κ1) is 11.3. The molecule has 1 aromatic heterocycles. The SMILES string of the molecule is Cc1sc2c(c1C)CCC(C(=O)N1CCC1)C2. The fraction of sp³-hybridized carbons (Fsp3) is 0.643. The van der Waals surface area contributed by atoms with Crippen molar-refractivity contribution in [1.82, 2.24) is 4.90 Å². The zero-order valence-electron chi connectivity index (χ0n) is 10.6. The van der Waals surface area contributed by atoms with Crippen LogP contribution in [-0.2, 0) is 17.6 Å². The van der Waals surface area contributed by atoms with Crippen molar-refractivity contribution in [3.05, 3.63) is 20.9 Å². The van der Waals surface area contributed by atoms with E-state index in [1.54, 1.807) is 5.56 Å². The fourth-order valence-corrected chi connectivity index (χ4v) is 4.20. The molecule has 2 nitrogen and oxygen atoms in total. The summed E-state index contributed by atoms with van der Waals surface area (Å²) >= 11 is 1.90. The molecule has 1 aliphatic heterocycles. The van der Waals surface area contributed by atoms with Crippen molar-refractivity contribution in [3.8, 4) is 0 Å². The molecule has 0 bridgehead atoms. The van der Waals surface area contributed by atoms with Crippen LogP contribution >= 0.6 is 11.3 Å². The Bertz CT molecular complexity index is 459. The van der Waals surface area contributed by atoms with Gasteiger partial charge in [0.05, 0.1) is 0 Å². The molecule has 92 valence electrons. The highest BCUT2D eigenvalue weighted by Crippen LogP contribution is 2.36. The Morgan fingerprint density at radius 1 is 1.35 bits per heavy atom. The first-order chi connectivity index (χ1) is 8.16. The molecule has 2 aliphatic rings. The number of likely N-dealkylation sites (tertiary alicyclic amines) is 1. The smallest absolute Gasteiger partial charge is 0.226 e. The van der Waals surface area contributed by atoms with E-state index in [4.69, 9.17) is 0 Å². The molecule has 0 radical (unpaired) electrons. The molecule has 0 saturated carbocycles. The maximum Gasteiger partial charge on any atom is 0.226 e. The number of amides is 1. The Hall–Kier alpha value is -0.830. The van der Waals surface area contributed by atoms with Crippen molar-refractivity contribution in [3.63, 3.8) is 0 Å². The van der Waals surface area contributed by atoms with Crippen LogP contribution in [0.15, 0.2) is 0 Å². The maximum absolute atomic E-state index is 12.2. The van der Waals surface area contributed by atoms with Gasteiger partial charge in [-0.05, 0) is 50.7 Å². The summed E-state index contributed by atoms with van der Waals surface area (Å²) in [7, 11) is 0. The van der Waals surface area contributed by atoms with E-state index in [2.05, 4.69) is 13.8 Å². The van der Waals surface area contributed by atoms with E-state index in [1.165, 1.54) is 21.7 Å². The molecule has 3 rings (SSSR count). The second-order valence-corrected chi connectivity index (χ2v) is 6.61. The van der Waals surface area contributed by atoms with Crippen LogP contribution in [0, 0.1) is 19.8 Å². The Morgan fingerprint density at radius 2 is 2.12 bits per heavy atom. The molecule has 1 saturated heterocycles. The van der Waals surface area contributed by atoms with Gasteiger partial charge in [-0.1, -0.05) is 0 Å². The topological polar surface area (TPSA) is 20.3 Å². The molecular formula is C14H19NOS. The third kappa shape index (κ3) is 1.81. The Balaban J connectivity index is 1.78. The lowest BCUT2D eigenvalue weighted by Gasteiger charge is -2.35. The first-order valence-corrected chi connectivity index (χ1v) is 7.35. The minimum atomic E-state index is 0.264. The van der Waals surface area contributed by atoms with Gasteiger partial charge in [0.2, 0.25) is 5.91 Å². The normalized spacial score (nSPS) is 23.2. The molecule has 1 amide bonds. The predicted molar refractivity (Wildman–Crippen MR) is 70.5 cm³/mol. The van der Waals surface area contributed by atoms with Crippen molar-refractivity contribution in [2.24, 2.45) is 5.92 Å². The minimum Gasteiger partial charge on any atom is -0.342 e. The van der Waals surface area contributed by atoms with E-state index in [1.807, 2.05) is 16.2 Å². The van der Waals surface area contributed by atoms with Crippen molar-refractivity contribution in [2.45, 2.75) is 39.5 Å². The van der Waals surface area contributed by atoms with Crippen LogP contribution in [0.25, 0.3) is 0 Å². The molecule has 0 aromatic carbocycles. The standard InChI is InChI=1S/C14H19NOS/c1-9-10(2)17-13-8-11(4-5-12(9)13)14(16)15-6-3-7-15/h11H,3-8H2,1-2H3. The Kier molecular flexibility index (Phi) is 2.74. The molecule has 1 aliphatic carbocycles. The van der Waals surface area contributed by atoms with Gasteiger partial charge in [-0.25, -0.2) is 0 Å². The zero-order valence-corrected chi connectivity index (χ0v) is 11.4. The highest BCUT2D eigenvalue weighted by atomic mass is 32.1. The van der Waals surface area contributed by atoms with E-state index in [9.17, 15) is 4.79 Å². The number of carbonyl (C=O) groups is 1. The van der Waals surface area contributed by atoms with E-state index in [0.29, 0.717) is 5.91 Å². The van der Waals surface area contributed by atoms with Crippen LogP contribution < -0.4 is 0 Å². The highest BCUT2D eigenvalue weighted by molar-refractivity contribution is 7.12. The average Bonchev–Trinajstić information content (AvgIpc) is 2.52. The molecule has 1 atom stereocenters. The molecule has 0 spiro atoms. The lowest BCUT2D eigenvalue weighted by atomic mass is 9.86. The highest BCUT2D eigenvalue weighted by Gasteiger charge is 2.32. The minimum absolute atomic E-state index is 0.264. The molecule has 0 N–H and O–H groups in total. The largest absolute Gasteiger partial charge is 0.342 e. The Labute approximate surface area is 107 Å². The fourth-order valence-electron chi connectivity index (χ4n) is 2.89. The van der Waals surface area contributed by atoms with Crippen LogP contribution in [-0.4, -0.2) is 23.9 Å². The van der Waals surface area contributed by atoms with E-state index in [0.717, 1.165) is 32.4 Å². The van der Waals surface area contributed by atoms with Gasteiger partial charge in [-0.3, -0.25) is 4.79 Å². The van der Waals surface area contributed by atoms with Gasteiger partial charge in [0.15, 0.2) is 0 Å². The molecule has 17 heavy (non-hydrogen) atoms. The van der Waals surface area contributed by atoms with Gasteiger partial charge < -0.3 is 4.90 Å². The number of nitrogens with zero attached hydrogens (tertiary/aromatic N) is 1. The zero-order chi connectivity index (χ0) is 12.0. The molecular weight excluding hydrogens is 230 g/mol. The lowest BCUT2D eigenvalue weighted by Crippen LogP contribution is -2.46. The number of fused-ring (bicyclic) bond motifs is 1. The number of aryl methyl sites for hydroxylation is 1. The lowest BCUT2D eigenvalue weighted by molar-refractivity contribution is -0.139. The summed E-state index contributed by atoms with van der Waals surface area (Å²) in [5, 5.41) is 0. The van der Waals surface area contributed by atoms with Gasteiger partial charge >= 0.3 is 0 Å². The molecule has 3 heteroatoms. The molecule has 2 heterocycles. The summed E-state index contributed by atoms with van der Waals surface area (Å²) in [5.74, 6) is 0.672. The van der Waals surface area contributed by atoms with Crippen LogP contribution in [0.5, 0.6) is 0 Å². The number of hydrogen-bond acceptors (Lipinski definition) is 2. The summed E-state index contributed by atoms with van der Waals surface area (Å²) in [5.41, 5.74) is 3.01. The molecule has 1 aromatic rings. The van der Waals surface area contributed by atoms with Crippen LogP contribution in [0.3, 0.4) is 0 Å². The van der Waals surface area contributed by atoms with Gasteiger partial charge in [0, 0.05) is 28.8 Å². The monoisotopic (exact) mass is 249 g/mol. The first-order valence-electron chi connectivity index (χ1n) is 6.53. The number of carbonyl (C=O) groups excluding carboxylic acids is 1. The van der Waals surface area contributed by atoms with Crippen LogP contribution in [0.2, 0.25) is 0 Å². The van der Waals surface area contributed by atoms with Gasteiger partial charge in [0.1, 0.15) is 0 Å².